The minimum absolute atomic E-state index is 0. The number of anilines is 1. The second-order valence-electron chi connectivity index (χ2n) is 6.82. The summed E-state index contributed by atoms with van der Waals surface area (Å²) in [5.41, 5.74) is 1.38. The maximum atomic E-state index is 12.6. The molecule has 0 amide bonds. The monoisotopic (exact) mass is 431 g/mol. The van der Waals surface area contributed by atoms with Crippen molar-refractivity contribution >= 4 is 46.6 Å². The quantitative estimate of drug-likeness (QED) is 0.524. The summed E-state index contributed by atoms with van der Waals surface area (Å²) in [6.45, 7) is 3.73. The van der Waals surface area contributed by atoms with Gasteiger partial charge in [-0.2, -0.15) is 4.98 Å². The molecule has 0 aromatic carbocycles. The highest BCUT2D eigenvalue weighted by molar-refractivity contribution is 6.33. The van der Waals surface area contributed by atoms with E-state index in [1.165, 1.54) is 0 Å². The van der Waals surface area contributed by atoms with Gasteiger partial charge >= 0.3 is 5.63 Å². The molecule has 29 heavy (non-hydrogen) atoms. The zero-order chi connectivity index (χ0) is 19.1. The highest BCUT2D eigenvalue weighted by atomic mass is 35.5. The van der Waals surface area contributed by atoms with E-state index >= 15 is 0 Å². The molecule has 1 N–H and O–H groups in total. The maximum absolute atomic E-state index is 12.6. The molecule has 9 heteroatoms. The van der Waals surface area contributed by atoms with Crippen LogP contribution < -0.4 is 15.8 Å². The van der Waals surface area contributed by atoms with E-state index in [0.29, 0.717) is 27.6 Å². The standard InChI is InChI=1S/C20H18ClN5O2.ClH/c21-15-3-1-8-26-12-16(23-18(15)26)14-11-13-4-5-17(24-19(13)28-20(14)27)25-9-2-6-22-7-10-25;/h1,3-5,8,11-12,22H,2,6-7,9-10H2;1H. The third-order valence-electron chi connectivity index (χ3n) is 4.96. The molecule has 5 heterocycles. The van der Waals surface area contributed by atoms with E-state index in [2.05, 4.69) is 20.2 Å². The Labute approximate surface area is 177 Å². The zero-order valence-electron chi connectivity index (χ0n) is 15.5. The van der Waals surface area contributed by atoms with Crippen LogP contribution >= 0.6 is 24.0 Å². The van der Waals surface area contributed by atoms with E-state index in [4.69, 9.17) is 16.0 Å². The van der Waals surface area contributed by atoms with Gasteiger partial charge in [0, 0.05) is 37.4 Å². The van der Waals surface area contributed by atoms with Crippen molar-refractivity contribution in [3.05, 3.63) is 58.2 Å². The fraction of sp³-hybridized carbons (Fsp3) is 0.250. The lowest BCUT2D eigenvalue weighted by atomic mass is 10.2. The molecule has 7 nitrogen and oxygen atoms in total. The number of fused-ring (bicyclic) bond motifs is 2. The minimum Gasteiger partial charge on any atom is -0.403 e. The lowest BCUT2D eigenvalue weighted by Crippen LogP contribution is -2.28. The first kappa shape index (κ1) is 19.7. The van der Waals surface area contributed by atoms with E-state index in [0.717, 1.165) is 43.8 Å². The fourth-order valence-corrected chi connectivity index (χ4v) is 3.74. The molecule has 0 bridgehead atoms. The van der Waals surface area contributed by atoms with Gasteiger partial charge in [0.15, 0.2) is 5.65 Å². The van der Waals surface area contributed by atoms with Crippen LogP contribution in [0, 0.1) is 0 Å². The van der Waals surface area contributed by atoms with Crippen molar-refractivity contribution in [3.8, 4) is 11.3 Å². The Morgan fingerprint density at radius 1 is 1.14 bits per heavy atom. The first-order chi connectivity index (χ1) is 13.7. The predicted molar refractivity (Wildman–Crippen MR) is 116 cm³/mol. The number of halogens is 2. The van der Waals surface area contributed by atoms with E-state index in [1.54, 1.807) is 22.7 Å². The Balaban J connectivity index is 0.00000205. The van der Waals surface area contributed by atoms with Crippen LogP contribution in [0.15, 0.2) is 51.9 Å². The molecular formula is C20H19Cl2N5O2. The normalized spacial score (nSPS) is 14.7. The number of hydrogen-bond acceptors (Lipinski definition) is 6. The third kappa shape index (κ3) is 3.69. The molecule has 0 unspecified atom stereocenters. The first-order valence-electron chi connectivity index (χ1n) is 9.23. The molecule has 0 aliphatic carbocycles. The van der Waals surface area contributed by atoms with E-state index < -0.39 is 5.63 Å². The number of hydrogen-bond donors (Lipinski definition) is 1. The minimum atomic E-state index is -0.464. The Morgan fingerprint density at radius 3 is 2.90 bits per heavy atom. The van der Waals surface area contributed by atoms with E-state index in [1.807, 2.05) is 24.4 Å². The van der Waals surface area contributed by atoms with Gasteiger partial charge in [-0.05, 0) is 43.3 Å². The Bertz CT molecular complexity index is 1230. The largest absolute Gasteiger partial charge is 0.403 e. The van der Waals surface area contributed by atoms with Crippen LogP contribution in [0.1, 0.15) is 6.42 Å². The average Bonchev–Trinajstić information content (AvgIpc) is 2.95. The summed E-state index contributed by atoms with van der Waals surface area (Å²) in [7, 11) is 0. The van der Waals surface area contributed by atoms with Gasteiger partial charge in [0.1, 0.15) is 5.82 Å². The number of pyridine rings is 2. The maximum Gasteiger partial charge on any atom is 0.347 e. The van der Waals surface area contributed by atoms with Crippen molar-refractivity contribution in [2.75, 3.05) is 31.1 Å². The number of imidazole rings is 1. The van der Waals surface area contributed by atoms with Crippen LogP contribution in [-0.2, 0) is 0 Å². The summed E-state index contributed by atoms with van der Waals surface area (Å²) in [6.07, 6.45) is 4.66. The Hall–Kier alpha value is -2.61. The number of aromatic nitrogens is 3. The second-order valence-corrected chi connectivity index (χ2v) is 7.22. The Kier molecular flexibility index (Phi) is 5.45. The summed E-state index contributed by atoms with van der Waals surface area (Å²) >= 11 is 6.19. The van der Waals surface area contributed by atoms with Gasteiger partial charge in [-0.3, -0.25) is 0 Å². The summed E-state index contributed by atoms with van der Waals surface area (Å²) in [4.78, 5) is 23.9. The van der Waals surface area contributed by atoms with Gasteiger partial charge in [0.05, 0.1) is 16.3 Å². The molecule has 150 valence electrons. The van der Waals surface area contributed by atoms with Crippen molar-refractivity contribution in [3.63, 3.8) is 0 Å². The SMILES string of the molecule is Cl.O=c1oc2nc(N3CCCNCC3)ccc2cc1-c1cn2cccc(Cl)c2n1. The number of nitrogens with one attached hydrogen (secondary N) is 1. The van der Waals surface area contributed by atoms with Gasteiger partial charge in [-0.25, -0.2) is 9.78 Å². The summed E-state index contributed by atoms with van der Waals surface area (Å²) in [6, 6.07) is 9.27. The van der Waals surface area contributed by atoms with Crippen LogP contribution in [0.25, 0.3) is 28.0 Å². The van der Waals surface area contributed by atoms with Gasteiger partial charge < -0.3 is 19.0 Å². The van der Waals surface area contributed by atoms with Crippen LogP contribution in [0.4, 0.5) is 5.82 Å². The molecular weight excluding hydrogens is 413 g/mol. The third-order valence-corrected chi connectivity index (χ3v) is 5.25. The van der Waals surface area contributed by atoms with Crippen molar-refractivity contribution < 1.29 is 4.42 Å². The lowest BCUT2D eigenvalue weighted by Gasteiger charge is -2.20. The van der Waals surface area contributed by atoms with Crippen molar-refractivity contribution in [2.24, 2.45) is 0 Å². The molecule has 1 aliphatic rings. The van der Waals surface area contributed by atoms with Crippen LogP contribution in [0.3, 0.4) is 0 Å². The first-order valence-corrected chi connectivity index (χ1v) is 9.61. The van der Waals surface area contributed by atoms with Crippen molar-refractivity contribution in [1.29, 1.82) is 0 Å². The molecule has 0 radical (unpaired) electrons. The van der Waals surface area contributed by atoms with E-state index in [-0.39, 0.29) is 12.4 Å². The fourth-order valence-electron chi connectivity index (χ4n) is 3.53. The van der Waals surface area contributed by atoms with Crippen LogP contribution in [0.2, 0.25) is 5.02 Å². The van der Waals surface area contributed by atoms with Gasteiger partial charge in [0.25, 0.3) is 0 Å². The molecule has 5 rings (SSSR count). The highest BCUT2D eigenvalue weighted by Crippen LogP contribution is 2.24. The summed E-state index contributed by atoms with van der Waals surface area (Å²) in [5.74, 6) is 0.826. The topological polar surface area (TPSA) is 75.7 Å². The van der Waals surface area contributed by atoms with Crippen LogP contribution in [-0.4, -0.2) is 40.5 Å². The molecule has 0 saturated carbocycles. The molecule has 1 aliphatic heterocycles. The van der Waals surface area contributed by atoms with Crippen LogP contribution in [0.5, 0.6) is 0 Å². The average molecular weight is 432 g/mol. The van der Waals surface area contributed by atoms with Gasteiger partial charge in [-0.15, -0.1) is 12.4 Å². The smallest absolute Gasteiger partial charge is 0.347 e. The zero-order valence-corrected chi connectivity index (χ0v) is 17.0. The van der Waals surface area contributed by atoms with Crippen molar-refractivity contribution in [1.82, 2.24) is 19.7 Å². The van der Waals surface area contributed by atoms with Gasteiger partial charge in [-0.1, -0.05) is 11.6 Å². The molecule has 0 atom stereocenters. The number of rotatable bonds is 2. The molecule has 1 fully saturated rings. The molecule has 1 saturated heterocycles. The second kappa shape index (κ2) is 8.02. The predicted octanol–water partition coefficient (Wildman–Crippen LogP) is 3.38. The Morgan fingerprint density at radius 2 is 2.03 bits per heavy atom. The van der Waals surface area contributed by atoms with Crippen molar-refractivity contribution in [2.45, 2.75) is 6.42 Å². The molecule has 4 aromatic heterocycles. The summed E-state index contributed by atoms with van der Waals surface area (Å²) < 4.78 is 7.33. The summed E-state index contributed by atoms with van der Waals surface area (Å²) in [5, 5.41) is 4.66. The molecule has 0 spiro atoms. The lowest BCUT2D eigenvalue weighted by molar-refractivity contribution is 0.551. The van der Waals surface area contributed by atoms with E-state index in [9.17, 15) is 4.79 Å². The highest BCUT2D eigenvalue weighted by Gasteiger charge is 2.16. The number of nitrogens with zero attached hydrogens (tertiary/aromatic N) is 4. The van der Waals surface area contributed by atoms with Gasteiger partial charge in [0.2, 0.25) is 5.71 Å². The molecule has 4 aromatic rings.